The first-order valence-electron chi connectivity index (χ1n) is 7.73. The summed E-state index contributed by atoms with van der Waals surface area (Å²) in [6, 6.07) is 8.60. The molecule has 110 valence electrons. The number of rotatable bonds is 5. The van der Waals surface area contributed by atoms with Crippen LogP contribution >= 0.6 is 0 Å². The van der Waals surface area contributed by atoms with E-state index >= 15 is 0 Å². The molecule has 1 aliphatic heterocycles. The van der Waals surface area contributed by atoms with Crippen LogP contribution in [0.4, 0.5) is 5.69 Å². The summed E-state index contributed by atoms with van der Waals surface area (Å²) in [6.07, 6.45) is 4.69. The molecule has 1 aromatic carbocycles. The Morgan fingerprint density at radius 3 is 2.90 bits per heavy atom. The molecule has 1 aliphatic rings. The Hall–Kier alpha value is -1.35. The molecule has 0 aromatic heterocycles. The maximum Gasteiger partial charge on any atom is 0.227 e. The lowest BCUT2D eigenvalue weighted by atomic mass is 9.95. The molecule has 0 saturated heterocycles. The summed E-state index contributed by atoms with van der Waals surface area (Å²) < 4.78 is 0. The SMILES string of the molecule is CC(CCN)CCC(=O)N1c2ccccc2CCC1C. The van der Waals surface area contributed by atoms with Gasteiger partial charge in [-0.3, -0.25) is 4.79 Å². The topological polar surface area (TPSA) is 46.3 Å². The van der Waals surface area contributed by atoms with E-state index in [1.54, 1.807) is 0 Å². The number of hydrogen-bond acceptors (Lipinski definition) is 2. The number of aryl methyl sites for hydroxylation is 1. The Morgan fingerprint density at radius 1 is 1.40 bits per heavy atom. The van der Waals surface area contributed by atoms with Gasteiger partial charge >= 0.3 is 0 Å². The van der Waals surface area contributed by atoms with Crippen molar-refractivity contribution >= 4 is 11.6 Å². The van der Waals surface area contributed by atoms with Gasteiger partial charge in [0.25, 0.3) is 0 Å². The number of nitrogens with two attached hydrogens (primary N) is 1. The van der Waals surface area contributed by atoms with Crippen molar-refractivity contribution in [2.45, 2.75) is 52.0 Å². The number of benzene rings is 1. The third-order valence-corrected chi connectivity index (χ3v) is 4.30. The van der Waals surface area contributed by atoms with Crippen molar-refractivity contribution in [3.05, 3.63) is 29.8 Å². The van der Waals surface area contributed by atoms with Crippen molar-refractivity contribution in [3.63, 3.8) is 0 Å². The summed E-state index contributed by atoms with van der Waals surface area (Å²) in [5.74, 6) is 0.785. The van der Waals surface area contributed by atoms with Gasteiger partial charge in [-0.05, 0) is 56.7 Å². The average Bonchev–Trinajstić information content (AvgIpc) is 2.45. The van der Waals surface area contributed by atoms with Crippen LogP contribution in [0, 0.1) is 5.92 Å². The smallest absolute Gasteiger partial charge is 0.227 e. The van der Waals surface area contributed by atoms with Crippen molar-refractivity contribution in [2.75, 3.05) is 11.4 Å². The highest BCUT2D eigenvalue weighted by Gasteiger charge is 2.27. The molecule has 2 N–H and O–H groups in total. The Labute approximate surface area is 122 Å². The molecule has 2 atom stereocenters. The Bertz CT molecular complexity index is 458. The minimum Gasteiger partial charge on any atom is -0.330 e. The number of carbonyl (C=O) groups excluding carboxylic acids is 1. The minimum atomic E-state index is 0.258. The number of anilines is 1. The first-order chi connectivity index (χ1) is 9.63. The molecule has 20 heavy (non-hydrogen) atoms. The summed E-state index contributed by atoms with van der Waals surface area (Å²) in [5, 5.41) is 0. The van der Waals surface area contributed by atoms with E-state index in [-0.39, 0.29) is 5.91 Å². The van der Waals surface area contributed by atoms with E-state index in [9.17, 15) is 4.79 Å². The van der Waals surface area contributed by atoms with E-state index in [1.807, 2.05) is 11.0 Å². The van der Waals surface area contributed by atoms with Gasteiger partial charge in [-0.25, -0.2) is 0 Å². The van der Waals surface area contributed by atoms with E-state index < -0.39 is 0 Å². The van der Waals surface area contributed by atoms with Crippen LogP contribution in [-0.2, 0) is 11.2 Å². The van der Waals surface area contributed by atoms with Crippen molar-refractivity contribution in [2.24, 2.45) is 11.7 Å². The van der Waals surface area contributed by atoms with Crippen LogP contribution in [0.15, 0.2) is 24.3 Å². The molecule has 0 saturated carbocycles. The number of nitrogens with zero attached hydrogens (tertiary/aromatic N) is 1. The summed E-state index contributed by atoms with van der Waals surface area (Å²) in [4.78, 5) is 14.6. The van der Waals surface area contributed by atoms with Gasteiger partial charge in [0.15, 0.2) is 0 Å². The normalized spacial score (nSPS) is 19.6. The molecular weight excluding hydrogens is 248 g/mol. The number of fused-ring (bicyclic) bond motifs is 1. The van der Waals surface area contributed by atoms with Gasteiger partial charge < -0.3 is 10.6 Å². The highest BCUT2D eigenvalue weighted by molar-refractivity contribution is 5.95. The number of carbonyl (C=O) groups is 1. The zero-order valence-corrected chi connectivity index (χ0v) is 12.6. The molecule has 2 unspecified atom stereocenters. The predicted molar refractivity (Wildman–Crippen MR) is 83.8 cm³/mol. The van der Waals surface area contributed by atoms with Crippen LogP contribution < -0.4 is 10.6 Å². The third-order valence-electron chi connectivity index (χ3n) is 4.30. The highest BCUT2D eigenvalue weighted by Crippen LogP contribution is 2.31. The van der Waals surface area contributed by atoms with Crippen LogP contribution in [0.5, 0.6) is 0 Å². The van der Waals surface area contributed by atoms with Crippen LogP contribution in [0.1, 0.15) is 45.1 Å². The van der Waals surface area contributed by atoms with Crippen LogP contribution in [0.3, 0.4) is 0 Å². The molecule has 0 spiro atoms. The molecule has 1 aromatic rings. The van der Waals surface area contributed by atoms with E-state index in [0.717, 1.165) is 31.4 Å². The van der Waals surface area contributed by atoms with Gasteiger partial charge in [0.2, 0.25) is 5.91 Å². The molecule has 0 bridgehead atoms. The maximum absolute atomic E-state index is 12.6. The monoisotopic (exact) mass is 274 g/mol. The zero-order valence-electron chi connectivity index (χ0n) is 12.6. The predicted octanol–water partition coefficient (Wildman–Crippen LogP) is 3.12. The van der Waals surface area contributed by atoms with E-state index in [2.05, 4.69) is 32.0 Å². The fourth-order valence-corrected chi connectivity index (χ4v) is 2.99. The number of para-hydroxylation sites is 1. The Kier molecular flexibility index (Phi) is 5.18. The molecule has 1 amide bonds. The fourth-order valence-electron chi connectivity index (χ4n) is 2.99. The minimum absolute atomic E-state index is 0.258. The Morgan fingerprint density at radius 2 is 2.15 bits per heavy atom. The second-order valence-electron chi connectivity index (χ2n) is 6.00. The van der Waals surface area contributed by atoms with Gasteiger partial charge in [-0.1, -0.05) is 25.1 Å². The second kappa shape index (κ2) is 6.89. The van der Waals surface area contributed by atoms with Crippen molar-refractivity contribution in [1.29, 1.82) is 0 Å². The van der Waals surface area contributed by atoms with Gasteiger partial charge in [-0.2, -0.15) is 0 Å². The quantitative estimate of drug-likeness (QED) is 0.896. The zero-order chi connectivity index (χ0) is 14.5. The molecule has 3 nitrogen and oxygen atoms in total. The molecule has 0 aliphatic carbocycles. The first-order valence-corrected chi connectivity index (χ1v) is 7.73. The van der Waals surface area contributed by atoms with Crippen molar-refractivity contribution < 1.29 is 4.79 Å². The summed E-state index contributed by atoms with van der Waals surface area (Å²) >= 11 is 0. The molecule has 2 rings (SSSR count). The lowest BCUT2D eigenvalue weighted by Crippen LogP contribution is -2.42. The molecule has 0 fully saturated rings. The van der Waals surface area contributed by atoms with Gasteiger partial charge in [0.05, 0.1) is 0 Å². The fraction of sp³-hybridized carbons (Fsp3) is 0.588. The van der Waals surface area contributed by atoms with E-state index in [0.29, 0.717) is 24.9 Å². The standard InChI is InChI=1S/C17H26N2O/c1-13(11-12-18)7-10-17(20)19-14(2)8-9-15-5-3-4-6-16(15)19/h3-6,13-14H,7-12,18H2,1-2H3. The highest BCUT2D eigenvalue weighted by atomic mass is 16.2. The molecule has 0 radical (unpaired) electrons. The van der Waals surface area contributed by atoms with E-state index in [1.165, 1.54) is 5.56 Å². The van der Waals surface area contributed by atoms with Gasteiger partial charge in [0.1, 0.15) is 0 Å². The first kappa shape index (κ1) is 15.0. The Balaban J connectivity index is 2.05. The molecule has 3 heteroatoms. The molecular formula is C17H26N2O. The van der Waals surface area contributed by atoms with Crippen molar-refractivity contribution in [3.8, 4) is 0 Å². The third kappa shape index (κ3) is 3.40. The van der Waals surface area contributed by atoms with Crippen LogP contribution in [-0.4, -0.2) is 18.5 Å². The summed E-state index contributed by atoms with van der Waals surface area (Å²) in [5.41, 5.74) is 7.98. The molecule has 1 heterocycles. The average molecular weight is 274 g/mol. The van der Waals surface area contributed by atoms with Gasteiger partial charge in [-0.15, -0.1) is 0 Å². The van der Waals surface area contributed by atoms with Crippen LogP contribution in [0.25, 0.3) is 0 Å². The maximum atomic E-state index is 12.6. The second-order valence-corrected chi connectivity index (χ2v) is 6.00. The van der Waals surface area contributed by atoms with E-state index in [4.69, 9.17) is 5.73 Å². The largest absolute Gasteiger partial charge is 0.330 e. The van der Waals surface area contributed by atoms with Crippen LogP contribution in [0.2, 0.25) is 0 Å². The van der Waals surface area contributed by atoms with Crippen molar-refractivity contribution in [1.82, 2.24) is 0 Å². The summed E-state index contributed by atoms with van der Waals surface area (Å²) in [6.45, 7) is 5.03. The summed E-state index contributed by atoms with van der Waals surface area (Å²) in [7, 11) is 0. The number of amides is 1. The number of hydrogen-bond donors (Lipinski definition) is 1. The lowest BCUT2D eigenvalue weighted by molar-refractivity contribution is -0.119. The lowest BCUT2D eigenvalue weighted by Gasteiger charge is -2.35. The van der Waals surface area contributed by atoms with Gasteiger partial charge in [0, 0.05) is 18.2 Å².